The molecule has 5 nitrogen and oxygen atoms in total. The number of hydroxylamine groups is 1. The molecule has 0 saturated carbocycles. The quantitative estimate of drug-likeness (QED) is 0.709. The highest BCUT2D eigenvalue weighted by Crippen LogP contribution is 2.14. The van der Waals surface area contributed by atoms with E-state index in [1.54, 1.807) is 0 Å². The van der Waals surface area contributed by atoms with E-state index in [0.717, 1.165) is 12.2 Å². The highest BCUT2D eigenvalue weighted by Gasteiger charge is 2.25. The van der Waals surface area contributed by atoms with Gasteiger partial charge in [0.1, 0.15) is 12.7 Å². The zero-order valence-electron chi connectivity index (χ0n) is 8.70. The SMILES string of the molecule is c1ccc(C2=NN(OCC3CO3)CO2)cc1. The van der Waals surface area contributed by atoms with Crippen molar-refractivity contribution >= 4 is 5.90 Å². The Morgan fingerprint density at radius 2 is 2.19 bits per heavy atom. The Hall–Kier alpha value is -1.59. The zero-order chi connectivity index (χ0) is 10.8. The molecule has 0 aliphatic carbocycles. The van der Waals surface area contributed by atoms with Crippen LogP contribution in [0.25, 0.3) is 0 Å². The van der Waals surface area contributed by atoms with Crippen molar-refractivity contribution in [2.45, 2.75) is 6.10 Å². The predicted octanol–water partition coefficient (Wildman–Crippen LogP) is 0.968. The van der Waals surface area contributed by atoms with Gasteiger partial charge in [0.15, 0.2) is 0 Å². The number of hydrogen-bond acceptors (Lipinski definition) is 5. The van der Waals surface area contributed by atoms with E-state index in [1.165, 1.54) is 5.17 Å². The first-order chi connectivity index (χ1) is 7.92. The lowest BCUT2D eigenvalue weighted by Gasteiger charge is -2.08. The molecule has 2 aliphatic rings. The molecular formula is C11H12N2O3. The van der Waals surface area contributed by atoms with E-state index in [2.05, 4.69) is 5.10 Å². The summed E-state index contributed by atoms with van der Waals surface area (Å²) in [6.07, 6.45) is 0.232. The van der Waals surface area contributed by atoms with Crippen molar-refractivity contribution in [2.75, 3.05) is 19.9 Å². The smallest absolute Gasteiger partial charge is 0.242 e. The third-order valence-corrected chi connectivity index (χ3v) is 2.35. The van der Waals surface area contributed by atoms with Crippen molar-refractivity contribution in [3.8, 4) is 0 Å². The molecule has 1 unspecified atom stereocenters. The summed E-state index contributed by atoms with van der Waals surface area (Å²) in [6.45, 7) is 1.65. The highest BCUT2D eigenvalue weighted by molar-refractivity contribution is 5.94. The van der Waals surface area contributed by atoms with Gasteiger partial charge in [-0.2, -0.15) is 0 Å². The van der Waals surface area contributed by atoms with E-state index in [-0.39, 0.29) is 6.10 Å². The van der Waals surface area contributed by atoms with Crippen LogP contribution in [0.2, 0.25) is 0 Å². The minimum atomic E-state index is 0.232. The van der Waals surface area contributed by atoms with Crippen LogP contribution in [0.15, 0.2) is 35.4 Å². The maximum Gasteiger partial charge on any atom is 0.242 e. The molecule has 2 aliphatic heterocycles. The minimum absolute atomic E-state index is 0.232. The summed E-state index contributed by atoms with van der Waals surface area (Å²) in [5.41, 5.74) is 0.955. The summed E-state index contributed by atoms with van der Waals surface area (Å²) in [5.74, 6) is 0.595. The molecule has 0 bridgehead atoms. The van der Waals surface area contributed by atoms with Gasteiger partial charge in [-0.1, -0.05) is 18.2 Å². The maximum absolute atomic E-state index is 5.41. The Balaban J connectivity index is 1.62. The molecule has 3 rings (SSSR count). The van der Waals surface area contributed by atoms with Gasteiger partial charge in [-0.25, -0.2) is 0 Å². The molecule has 1 aromatic carbocycles. The van der Waals surface area contributed by atoms with E-state index in [1.807, 2.05) is 30.3 Å². The Bertz CT molecular complexity index is 389. The predicted molar refractivity (Wildman–Crippen MR) is 56.5 cm³/mol. The van der Waals surface area contributed by atoms with Gasteiger partial charge in [0.2, 0.25) is 12.6 Å². The van der Waals surface area contributed by atoms with Gasteiger partial charge in [0.25, 0.3) is 0 Å². The van der Waals surface area contributed by atoms with Crippen molar-refractivity contribution in [1.82, 2.24) is 5.17 Å². The van der Waals surface area contributed by atoms with Gasteiger partial charge in [0.05, 0.1) is 6.61 Å². The van der Waals surface area contributed by atoms with Gasteiger partial charge in [-0.05, 0) is 12.1 Å². The van der Waals surface area contributed by atoms with Gasteiger partial charge in [-0.3, -0.25) is 4.84 Å². The van der Waals surface area contributed by atoms with Crippen LogP contribution in [0, 0.1) is 0 Å². The summed E-state index contributed by atoms with van der Waals surface area (Å²) in [5, 5.41) is 5.66. The van der Waals surface area contributed by atoms with E-state index < -0.39 is 0 Å². The van der Waals surface area contributed by atoms with Gasteiger partial charge >= 0.3 is 0 Å². The Morgan fingerprint density at radius 3 is 2.94 bits per heavy atom. The minimum Gasteiger partial charge on any atom is -0.451 e. The molecule has 0 aromatic heterocycles. The third kappa shape index (κ3) is 2.15. The van der Waals surface area contributed by atoms with Crippen LogP contribution in [0.3, 0.4) is 0 Å². The third-order valence-electron chi connectivity index (χ3n) is 2.35. The number of epoxide rings is 1. The van der Waals surface area contributed by atoms with E-state index in [9.17, 15) is 0 Å². The van der Waals surface area contributed by atoms with Crippen molar-refractivity contribution in [2.24, 2.45) is 5.10 Å². The van der Waals surface area contributed by atoms with Crippen LogP contribution in [0.1, 0.15) is 5.56 Å². The number of benzene rings is 1. The van der Waals surface area contributed by atoms with E-state index in [4.69, 9.17) is 14.3 Å². The molecule has 16 heavy (non-hydrogen) atoms. The molecule has 84 valence electrons. The van der Waals surface area contributed by atoms with Crippen molar-refractivity contribution in [3.63, 3.8) is 0 Å². The number of rotatable bonds is 4. The second kappa shape index (κ2) is 4.11. The standard InChI is InChI=1S/C11H12N2O3/c1-2-4-9(5-3-1)11-12-13(8-15-11)16-7-10-6-14-10/h1-5,10H,6-8H2. The van der Waals surface area contributed by atoms with Crippen molar-refractivity contribution < 1.29 is 14.3 Å². The summed E-state index contributed by atoms with van der Waals surface area (Å²) < 4.78 is 10.5. The Labute approximate surface area is 93.2 Å². The molecule has 0 radical (unpaired) electrons. The van der Waals surface area contributed by atoms with Crippen LogP contribution in [0.5, 0.6) is 0 Å². The lowest BCUT2D eigenvalue weighted by Crippen LogP contribution is -2.18. The summed E-state index contributed by atoms with van der Waals surface area (Å²) in [6, 6.07) is 9.75. The van der Waals surface area contributed by atoms with Gasteiger partial charge in [-0.15, -0.1) is 10.3 Å². The number of nitrogens with zero attached hydrogens (tertiary/aromatic N) is 2. The first-order valence-corrected chi connectivity index (χ1v) is 5.21. The Morgan fingerprint density at radius 1 is 1.38 bits per heavy atom. The average molecular weight is 220 g/mol. The Kier molecular flexibility index (Phi) is 2.47. The molecule has 0 amide bonds. The van der Waals surface area contributed by atoms with Crippen LogP contribution in [-0.4, -0.2) is 37.1 Å². The van der Waals surface area contributed by atoms with E-state index in [0.29, 0.717) is 19.2 Å². The number of hydrazone groups is 1. The van der Waals surface area contributed by atoms with Crippen LogP contribution in [-0.2, 0) is 14.3 Å². The molecule has 1 atom stereocenters. The van der Waals surface area contributed by atoms with Gasteiger partial charge in [0, 0.05) is 5.56 Å². The average Bonchev–Trinajstić information content (AvgIpc) is 3.05. The molecule has 5 heteroatoms. The molecule has 0 N–H and O–H groups in total. The zero-order valence-corrected chi connectivity index (χ0v) is 8.70. The van der Waals surface area contributed by atoms with E-state index >= 15 is 0 Å². The fraction of sp³-hybridized carbons (Fsp3) is 0.364. The summed E-state index contributed by atoms with van der Waals surface area (Å²) in [7, 11) is 0. The lowest BCUT2D eigenvalue weighted by atomic mass is 10.2. The van der Waals surface area contributed by atoms with Crippen molar-refractivity contribution in [1.29, 1.82) is 0 Å². The fourth-order valence-electron chi connectivity index (χ4n) is 1.40. The molecule has 2 heterocycles. The van der Waals surface area contributed by atoms with Crippen LogP contribution < -0.4 is 0 Å². The summed E-state index contributed by atoms with van der Waals surface area (Å²) in [4.78, 5) is 5.37. The molecule has 1 aromatic rings. The molecule has 0 spiro atoms. The monoisotopic (exact) mass is 220 g/mol. The summed E-state index contributed by atoms with van der Waals surface area (Å²) >= 11 is 0. The topological polar surface area (TPSA) is 46.6 Å². The molecule has 1 saturated heterocycles. The highest BCUT2D eigenvalue weighted by atomic mass is 16.8. The van der Waals surface area contributed by atoms with Crippen LogP contribution >= 0.6 is 0 Å². The largest absolute Gasteiger partial charge is 0.451 e. The normalized spacial score (nSPS) is 22.9. The molecule has 1 fully saturated rings. The van der Waals surface area contributed by atoms with Gasteiger partial charge < -0.3 is 9.47 Å². The lowest BCUT2D eigenvalue weighted by molar-refractivity contribution is -0.179. The first-order valence-electron chi connectivity index (χ1n) is 5.21. The maximum atomic E-state index is 5.41. The van der Waals surface area contributed by atoms with Crippen molar-refractivity contribution in [3.05, 3.63) is 35.9 Å². The second-order valence-electron chi connectivity index (χ2n) is 3.65. The van der Waals surface area contributed by atoms with Crippen LogP contribution in [0.4, 0.5) is 0 Å². The fourth-order valence-corrected chi connectivity index (χ4v) is 1.40. The first kappa shape index (κ1) is 9.62. The second-order valence-corrected chi connectivity index (χ2v) is 3.65. The number of ether oxygens (including phenoxy) is 2. The number of hydrogen-bond donors (Lipinski definition) is 0. The molecular weight excluding hydrogens is 208 g/mol.